The van der Waals surface area contributed by atoms with Crippen molar-refractivity contribution in [1.82, 2.24) is 0 Å². The predicted octanol–water partition coefficient (Wildman–Crippen LogP) is 2.21. The number of aliphatic hydroxyl groups is 1. The molecule has 1 N–H and O–H groups in total. The van der Waals surface area contributed by atoms with Crippen LogP contribution in [0.15, 0.2) is 0 Å². The van der Waals surface area contributed by atoms with E-state index in [1.165, 1.54) is 0 Å². The highest BCUT2D eigenvalue weighted by Gasteiger charge is 2.06. The Kier molecular flexibility index (Phi) is 7.08. The van der Waals surface area contributed by atoms with E-state index < -0.39 is 0 Å². The third-order valence-corrected chi connectivity index (χ3v) is 2.42. The van der Waals surface area contributed by atoms with Crippen LogP contribution < -0.4 is 0 Å². The van der Waals surface area contributed by atoms with Gasteiger partial charge in [0.25, 0.3) is 0 Å². The number of aliphatic hydroxyl groups excluding tert-OH is 1. The minimum Gasteiger partial charge on any atom is -0.395 e. The van der Waals surface area contributed by atoms with Crippen molar-refractivity contribution in [3.8, 4) is 0 Å². The molecule has 0 aliphatic heterocycles. The second kappa shape index (κ2) is 6.53. The zero-order valence-corrected chi connectivity index (χ0v) is 7.83. The van der Waals surface area contributed by atoms with Crippen LogP contribution in [-0.2, 0) is 0 Å². The van der Waals surface area contributed by atoms with Crippen LogP contribution in [0.3, 0.4) is 0 Å². The molecule has 0 bridgehead atoms. The van der Waals surface area contributed by atoms with Crippen LogP contribution in [0.2, 0.25) is 0 Å². The molecule has 4 heteroatoms. The van der Waals surface area contributed by atoms with Crippen molar-refractivity contribution < 1.29 is 5.11 Å². The Balaban J connectivity index is 3.17. The molecular weight excluding hydrogens is 194 g/mol. The van der Waals surface area contributed by atoms with E-state index in [2.05, 4.69) is 0 Å². The minimum atomic E-state index is -0.176. The average Bonchev–Trinajstić information content (AvgIpc) is 1.99. The Morgan fingerprint density at radius 2 is 1.60 bits per heavy atom. The average molecular weight is 206 g/mol. The monoisotopic (exact) mass is 204 g/mol. The maximum Gasteiger partial charge on any atom is 0.0595 e. The summed E-state index contributed by atoms with van der Waals surface area (Å²) in [5, 5.41) is 8.32. The van der Waals surface area contributed by atoms with Gasteiger partial charge in [-0.2, -0.15) is 0 Å². The Morgan fingerprint density at radius 1 is 1.10 bits per heavy atom. The fraction of sp³-hybridized carbons (Fsp3) is 1.00. The van der Waals surface area contributed by atoms with Crippen LogP contribution in [0.4, 0.5) is 0 Å². The smallest absolute Gasteiger partial charge is 0.0595 e. The Labute approximate surface area is 76.3 Å². The maximum absolute atomic E-state index is 8.51. The van der Waals surface area contributed by atoms with E-state index in [4.69, 9.17) is 39.9 Å². The summed E-state index contributed by atoms with van der Waals surface area (Å²) in [6, 6.07) is 0. The van der Waals surface area contributed by atoms with E-state index in [-0.39, 0.29) is 17.4 Å². The van der Waals surface area contributed by atoms with Crippen LogP contribution in [0.5, 0.6) is 0 Å². The van der Waals surface area contributed by atoms with Crippen LogP contribution >= 0.6 is 34.8 Å². The topological polar surface area (TPSA) is 20.2 Å². The van der Waals surface area contributed by atoms with Gasteiger partial charge >= 0.3 is 0 Å². The maximum atomic E-state index is 8.51. The first-order valence-corrected chi connectivity index (χ1v) is 4.56. The molecule has 0 saturated heterocycles. The molecule has 0 aromatic carbocycles. The van der Waals surface area contributed by atoms with Crippen molar-refractivity contribution in [2.45, 2.75) is 23.6 Å². The standard InChI is InChI=1S/C6H11Cl3O/c7-3-5(8)1-2-6(9)4-10/h5-6,10H,1-4H2/t5-,6-/m0/s1. The molecule has 0 unspecified atom stereocenters. The van der Waals surface area contributed by atoms with Crippen molar-refractivity contribution in [2.75, 3.05) is 12.5 Å². The van der Waals surface area contributed by atoms with Gasteiger partial charge in [-0.05, 0) is 12.8 Å². The zero-order valence-electron chi connectivity index (χ0n) is 5.56. The SMILES string of the molecule is OC[C@@H](Cl)CC[C@H](Cl)CCl. The van der Waals surface area contributed by atoms with Gasteiger partial charge in [0.2, 0.25) is 0 Å². The number of hydrogen-bond acceptors (Lipinski definition) is 1. The quantitative estimate of drug-likeness (QED) is 0.683. The lowest BCUT2D eigenvalue weighted by atomic mass is 10.2. The lowest BCUT2D eigenvalue weighted by Crippen LogP contribution is -2.09. The largest absolute Gasteiger partial charge is 0.395 e. The van der Waals surface area contributed by atoms with Crippen LogP contribution in [0, 0.1) is 0 Å². The third kappa shape index (κ3) is 5.60. The Morgan fingerprint density at radius 3 is 2.00 bits per heavy atom. The number of alkyl halides is 3. The molecule has 0 spiro atoms. The van der Waals surface area contributed by atoms with Gasteiger partial charge in [0.1, 0.15) is 0 Å². The number of rotatable bonds is 5. The second-order valence-electron chi connectivity index (χ2n) is 2.11. The van der Waals surface area contributed by atoms with Gasteiger partial charge in [-0.25, -0.2) is 0 Å². The molecule has 62 valence electrons. The predicted molar refractivity (Wildman–Crippen MR) is 46.3 cm³/mol. The molecular formula is C6H11Cl3O. The summed E-state index contributed by atoms with van der Waals surface area (Å²) in [6.07, 6.45) is 1.48. The van der Waals surface area contributed by atoms with E-state index in [0.717, 1.165) is 12.8 Å². The summed E-state index contributed by atoms with van der Waals surface area (Å²) in [5.41, 5.74) is 0. The van der Waals surface area contributed by atoms with Crippen molar-refractivity contribution in [3.63, 3.8) is 0 Å². The summed E-state index contributed by atoms with van der Waals surface area (Å²) in [5.74, 6) is 0.441. The summed E-state index contributed by atoms with van der Waals surface area (Å²) in [7, 11) is 0. The van der Waals surface area contributed by atoms with Crippen LogP contribution in [-0.4, -0.2) is 28.3 Å². The van der Waals surface area contributed by atoms with Gasteiger partial charge in [0.05, 0.1) is 12.0 Å². The molecule has 0 rings (SSSR count). The van der Waals surface area contributed by atoms with Crippen molar-refractivity contribution in [1.29, 1.82) is 0 Å². The molecule has 0 heterocycles. The van der Waals surface area contributed by atoms with Crippen molar-refractivity contribution >= 4 is 34.8 Å². The van der Waals surface area contributed by atoms with Gasteiger partial charge in [-0.3, -0.25) is 0 Å². The van der Waals surface area contributed by atoms with E-state index in [0.29, 0.717) is 5.88 Å². The first-order chi connectivity index (χ1) is 4.70. The first kappa shape index (κ1) is 10.8. The van der Waals surface area contributed by atoms with Crippen molar-refractivity contribution in [3.05, 3.63) is 0 Å². The molecule has 0 aromatic rings. The molecule has 0 saturated carbocycles. The highest BCUT2D eigenvalue weighted by atomic mass is 35.5. The van der Waals surface area contributed by atoms with E-state index >= 15 is 0 Å². The van der Waals surface area contributed by atoms with Gasteiger partial charge in [-0.1, -0.05) is 0 Å². The second-order valence-corrected chi connectivity index (χ2v) is 3.65. The summed E-state index contributed by atoms with van der Waals surface area (Å²) in [6.45, 7) is 0.00739. The molecule has 0 aliphatic rings. The zero-order chi connectivity index (χ0) is 7.98. The Hall–Kier alpha value is 0.830. The van der Waals surface area contributed by atoms with Crippen LogP contribution in [0.1, 0.15) is 12.8 Å². The number of hydrogen-bond donors (Lipinski definition) is 1. The molecule has 1 nitrogen and oxygen atoms in total. The summed E-state index contributed by atoms with van der Waals surface area (Å²) >= 11 is 16.7. The number of halogens is 3. The van der Waals surface area contributed by atoms with Gasteiger partial charge in [-0.15, -0.1) is 34.8 Å². The molecule has 0 aromatic heterocycles. The third-order valence-electron chi connectivity index (χ3n) is 1.16. The molecule has 10 heavy (non-hydrogen) atoms. The van der Waals surface area contributed by atoms with E-state index in [1.807, 2.05) is 0 Å². The highest BCUT2D eigenvalue weighted by Crippen LogP contribution is 2.12. The normalized spacial score (nSPS) is 16.8. The summed E-state index contributed by atoms with van der Waals surface area (Å²) in [4.78, 5) is 0. The molecule has 0 amide bonds. The Bertz CT molecular complexity index is 69.4. The van der Waals surface area contributed by atoms with Crippen molar-refractivity contribution in [2.24, 2.45) is 0 Å². The van der Waals surface area contributed by atoms with Gasteiger partial charge < -0.3 is 5.11 Å². The highest BCUT2D eigenvalue weighted by molar-refractivity contribution is 6.28. The molecule has 0 radical (unpaired) electrons. The fourth-order valence-electron chi connectivity index (χ4n) is 0.530. The van der Waals surface area contributed by atoms with E-state index in [1.54, 1.807) is 0 Å². The van der Waals surface area contributed by atoms with Crippen LogP contribution in [0.25, 0.3) is 0 Å². The molecule has 0 aliphatic carbocycles. The minimum absolute atomic E-state index is 0.00739. The first-order valence-electron chi connectivity index (χ1n) is 3.15. The molecule has 2 atom stereocenters. The van der Waals surface area contributed by atoms with Gasteiger partial charge in [0, 0.05) is 11.3 Å². The lowest BCUT2D eigenvalue weighted by molar-refractivity contribution is 0.287. The molecule has 0 fully saturated rings. The van der Waals surface area contributed by atoms with E-state index in [9.17, 15) is 0 Å². The lowest BCUT2D eigenvalue weighted by Gasteiger charge is -2.07. The fourth-order valence-corrected chi connectivity index (χ4v) is 0.936. The summed E-state index contributed by atoms with van der Waals surface area (Å²) < 4.78 is 0. The van der Waals surface area contributed by atoms with Gasteiger partial charge in [0.15, 0.2) is 0 Å².